The van der Waals surface area contributed by atoms with E-state index in [9.17, 15) is 22.8 Å². The molecule has 0 unspecified atom stereocenters. The SMILES string of the molecule is Cn1cnc2cc(C(=O)N3CCN(S(=O)(=O)c4ccc5c(c4)NC(=O)CO5)CC3)ccc2c1=O. The number of hydrogen-bond acceptors (Lipinski definition) is 7. The maximum atomic E-state index is 13.1. The molecule has 5 rings (SSSR count). The van der Waals surface area contributed by atoms with E-state index in [1.165, 1.54) is 33.4 Å². The van der Waals surface area contributed by atoms with Gasteiger partial charge in [-0.05, 0) is 36.4 Å². The molecular weight excluding hydrogens is 462 g/mol. The van der Waals surface area contributed by atoms with Gasteiger partial charge in [-0.3, -0.25) is 14.4 Å². The molecule has 2 aliphatic rings. The first-order valence-corrected chi connectivity index (χ1v) is 12.0. The number of nitrogens with one attached hydrogen (secondary N) is 1. The van der Waals surface area contributed by atoms with Crippen LogP contribution in [0.25, 0.3) is 10.9 Å². The first kappa shape index (κ1) is 22.0. The Labute approximate surface area is 194 Å². The van der Waals surface area contributed by atoms with Crippen molar-refractivity contribution in [1.29, 1.82) is 0 Å². The number of sulfonamides is 1. The highest BCUT2D eigenvalue weighted by Gasteiger charge is 2.31. The summed E-state index contributed by atoms with van der Waals surface area (Å²) >= 11 is 0. The molecule has 1 aromatic heterocycles. The van der Waals surface area contributed by atoms with E-state index in [2.05, 4.69) is 10.3 Å². The van der Waals surface area contributed by atoms with Crippen LogP contribution in [0.4, 0.5) is 5.69 Å². The molecule has 1 N–H and O–H groups in total. The summed E-state index contributed by atoms with van der Waals surface area (Å²) in [5.74, 6) is -0.190. The Morgan fingerprint density at radius 1 is 1.06 bits per heavy atom. The fourth-order valence-electron chi connectivity index (χ4n) is 4.03. The van der Waals surface area contributed by atoms with Crippen LogP contribution in [0.15, 0.2) is 52.4 Å². The van der Waals surface area contributed by atoms with Gasteiger partial charge in [0.05, 0.1) is 27.8 Å². The normalized spacial score (nSPS) is 16.6. The number of fused-ring (bicyclic) bond motifs is 2. The minimum absolute atomic E-state index is 0.0408. The van der Waals surface area contributed by atoms with Crippen LogP contribution in [0, 0.1) is 0 Å². The van der Waals surface area contributed by atoms with Gasteiger partial charge in [-0.25, -0.2) is 13.4 Å². The Morgan fingerprint density at radius 2 is 1.82 bits per heavy atom. The van der Waals surface area contributed by atoms with E-state index in [0.29, 0.717) is 27.9 Å². The lowest BCUT2D eigenvalue weighted by Gasteiger charge is -2.34. The minimum atomic E-state index is -3.82. The highest BCUT2D eigenvalue weighted by atomic mass is 32.2. The number of rotatable bonds is 3. The molecule has 12 heteroatoms. The van der Waals surface area contributed by atoms with Gasteiger partial charge >= 0.3 is 0 Å². The molecule has 0 bridgehead atoms. The summed E-state index contributed by atoms with van der Waals surface area (Å²) in [6.45, 7) is 0.565. The van der Waals surface area contributed by atoms with Gasteiger partial charge < -0.3 is 19.5 Å². The van der Waals surface area contributed by atoms with Crippen molar-refractivity contribution in [3.63, 3.8) is 0 Å². The largest absolute Gasteiger partial charge is 0.482 e. The molecule has 176 valence electrons. The Hall–Kier alpha value is -3.77. The molecule has 0 radical (unpaired) electrons. The van der Waals surface area contributed by atoms with Crippen LogP contribution in [-0.2, 0) is 21.9 Å². The van der Waals surface area contributed by atoms with Crippen molar-refractivity contribution >= 4 is 38.4 Å². The molecule has 0 saturated carbocycles. The quantitative estimate of drug-likeness (QED) is 0.571. The first-order chi connectivity index (χ1) is 16.2. The van der Waals surface area contributed by atoms with E-state index >= 15 is 0 Å². The number of ether oxygens (including phenoxy) is 1. The van der Waals surface area contributed by atoms with Crippen molar-refractivity contribution < 1.29 is 22.7 Å². The number of aryl methyl sites for hydroxylation is 1. The fourth-order valence-corrected chi connectivity index (χ4v) is 5.48. The lowest BCUT2D eigenvalue weighted by atomic mass is 10.1. The van der Waals surface area contributed by atoms with Crippen molar-refractivity contribution in [2.45, 2.75) is 4.90 Å². The third-order valence-electron chi connectivity index (χ3n) is 5.91. The number of anilines is 1. The maximum Gasteiger partial charge on any atom is 0.262 e. The van der Waals surface area contributed by atoms with Crippen LogP contribution >= 0.6 is 0 Å². The number of carbonyl (C=O) groups is 2. The van der Waals surface area contributed by atoms with Gasteiger partial charge in [0.1, 0.15) is 5.75 Å². The topological polar surface area (TPSA) is 131 Å². The Bertz CT molecular complexity index is 1490. The van der Waals surface area contributed by atoms with Gasteiger partial charge in [0.2, 0.25) is 10.0 Å². The molecule has 3 aromatic rings. The summed E-state index contributed by atoms with van der Waals surface area (Å²) in [7, 11) is -2.22. The summed E-state index contributed by atoms with van der Waals surface area (Å²) in [6.07, 6.45) is 1.40. The zero-order valence-electron chi connectivity index (χ0n) is 18.2. The van der Waals surface area contributed by atoms with Crippen LogP contribution in [0.5, 0.6) is 5.75 Å². The number of amides is 2. The molecule has 3 heterocycles. The van der Waals surface area contributed by atoms with Crippen LogP contribution < -0.4 is 15.6 Å². The molecule has 0 atom stereocenters. The summed E-state index contributed by atoms with van der Waals surface area (Å²) in [5, 5.41) is 3.03. The molecule has 34 heavy (non-hydrogen) atoms. The van der Waals surface area contributed by atoms with E-state index in [-0.39, 0.29) is 55.1 Å². The Morgan fingerprint density at radius 3 is 2.59 bits per heavy atom. The number of benzene rings is 2. The second-order valence-electron chi connectivity index (χ2n) is 8.08. The fraction of sp³-hybridized carbons (Fsp3) is 0.273. The average molecular weight is 484 g/mol. The third-order valence-corrected chi connectivity index (χ3v) is 7.81. The lowest BCUT2D eigenvalue weighted by molar-refractivity contribution is -0.118. The van der Waals surface area contributed by atoms with Crippen molar-refractivity contribution in [3.05, 3.63) is 58.6 Å². The predicted molar refractivity (Wildman–Crippen MR) is 122 cm³/mol. The van der Waals surface area contributed by atoms with Crippen molar-refractivity contribution in [1.82, 2.24) is 18.8 Å². The second kappa shape index (κ2) is 8.22. The number of aromatic nitrogens is 2. The summed E-state index contributed by atoms with van der Waals surface area (Å²) in [6, 6.07) is 9.08. The predicted octanol–water partition coefficient (Wildman–Crippen LogP) is 0.411. The average Bonchev–Trinajstić information content (AvgIpc) is 2.85. The molecule has 2 amide bonds. The highest BCUT2D eigenvalue weighted by Crippen LogP contribution is 2.31. The molecule has 1 fully saturated rings. The second-order valence-corrected chi connectivity index (χ2v) is 10.0. The zero-order valence-corrected chi connectivity index (χ0v) is 19.0. The van der Waals surface area contributed by atoms with Crippen molar-refractivity contribution in [2.75, 3.05) is 38.1 Å². The van der Waals surface area contributed by atoms with Gasteiger partial charge in [0.15, 0.2) is 6.61 Å². The third kappa shape index (κ3) is 3.80. The smallest absolute Gasteiger partial charge is 0.262 e. The van der Waals surface area contributed by atoms with E-state index in [1.807, 2.05) is 0 Å². The van der Waals surface area contributed by atoms with Crippen molar-refractivity contribution in [2.24, 2.45) is 7.05 Å². The molecule has 11 nitrogen and oxygen atoms in total. The van der Waals surface area contributed by atoms with E-state index in [1.54, 1.807) is 30.1 Å². The highest BCUT2D eigenvalue weighted by molar-refractivity contribution is 7.89. The maximum absolute atomic E-state index is 13.1. The molecule has 2 aliphatic heterocycles. The molecule has 0 aliphatic carbocycles. The van der Waals surface area contributed by atoms with Crippen molar-refractivity contribution in [3.8, 4) is 5.75 Å². The summed E-state index contributed by atoms with van der Waals surface area (Å²) in [4.78, 5) is 42.6. The van der Waals surface area contributed by atoms with Gasteiger partial charge in [0.25, 0.3) is 17.4 Å². The monoisotopic (exact) mass is 483 g/mol. The molecule has 2 aromatic carbocycles. The lowest BCUT2D eigenvalue weighted by Crippen LogP contribution is -2.50. The van der Waals surface area contributed by atoms with Gasteiger partial charge in [-0.2, -0.15) is 4.31 Å². The summed E-state index contributed by atoms with van der Waals surface area (Å²) in [5.41, 5.74) is 0.927. The Kier molecular flexibility index (Phi) is 5.33. The zero-order chi connectivity index (χ0) is 24.0. The number of piperazine rings is 1. The summed E-state index contributed by atoms with van der Waals surface area (Å²) < 4.78 is 34.2. The van der Waals surface area contributed by atoms with Gasteiger partial charge in [-0.15, -0.1) is 0 Å². The standard InChI is InChI=1S/C22H21N5O6S/c1-25-13-23-17-10-14(2-4-16(17)22(25)30)21(29)26-6-8-27(9-7-26)34(31,32)15-3-5-19-18(11-15)24-20(28)12-33-19/h2-5,10-11,13H,6-9,12H2,1H3,(H,24,28). The van der Waals surface area contributed by atoms with E-state index in [0.717, 1.165) is 0 Å². The number of nitrogens with zero attached hydrogens (tertiary/aromatic N) is 4. The molecule has 0 spiro atoms. The minimum Gasteiger partial charge on any atom is -0.482 e. The van der Waals surface area contributed by atoms with Gasteiger partial charge in [-0.1, -0.05) is 0 Å². The van der Waals surface area contributed by atoms with Crippen LogP contribution in [-0.4, -0.2) is 71.8 Å². The van der Waals surface area contributed by atoms with Crippen LogP contribution in [0.3, 0.4) is 0 Å². The number of carbonyl (C=O) groups excluding carboxylic acids is 2. The van der Waals surface area contributed by atoms with Crippen LogP contribution in [0.1, 0.15) is 10.4 Å². The van der Waals surface area contributed by atoms with E-state index < -0.39 is 10.0 Å². The molecule has 1 saturated heterocycles. The van der Waals surface area contributed by atoms with E-state index in [4.69, 9.17) is 4.74 Å². The first-order valence-electron chi connectivity index (χ1n) is 10.6. The molecular formula is C22H21N5O6S. The van der Waals surface area contributed by atoms with Crippen LogP contribution in [0.2, 0.25) is 0 Å². The Balaban J connectivity index is 1.31. The number of hydrogen-bond donors (Lipinski definition) is 1. The van der Waals surface area contributed by atoms with Gasteiger partial charge in [0, 0.05) is 38.8 Å².